The van der Waals surface area contributed by atoms with E-state index in [0.717, 1.165) is 12.1 Å². The van der Waals surface area contributed by atoms with Crippen LogP contribution in [-0.2, 0) is 0 Å². The van der Waals surface area contributed by atoms with E-state index in [2.05, 4.69) is 31.9 Å². The van der Waals surface area contributed by atoms with Gasteiger partial charge in [-0.3, -0.25) is 0 Å². The molecule has 0 amide bonds. The van der Waals surface area contributed by atoms with Crippen LogP contribution >= 0.6 is 31.9 Å². The van der Waals surface area contributed by atoms with Gasteiger partial charge in [0, 0.05) is 5.70 Å². The lowest BCUT2D eigenvalue weighted by molar-refractivity contribution is 0.971. The largest absolute Gasteiger partial charge is 0.401 e. The fraction of sp³-hybridized carbons (Fsp3) is 0.333. The van der Waals surface area contributed by atoms with Crippen LogP contribution in [-0.4, -0.2) is 4.83 Å². The highest BCUT2D eigenvalue weighted by atomic mass is 79.9. The van der Waals surface area contributed by atoms with Crippen LogP contribution in [0.25, 0.3) is 0 Å². The maximum absolute atomic E-state index is 5.59. The Morgan fingerprint density at radius 1 is 1.56 bits per heavy atom. The number of allylic oxidation sites excluding steroid dienone is 4. The summed E-state index contributed by atoms with van der Waals surface area (Å²) >= 11 is 6.82. The Bertz CT molecular complexity index is 172. The van der Waals surface area contributed by atoms with Crippen molar-refractivity contribution in [2.24, 2.45) is 5.73 Å². The maximum Gasteiger partial charge on any atom is 0.0585 e. The quantitative estimate of drug-likeness (QED) is 0.658. The molecule has 0 aromatic carbocycles. The molecule has 1 aliphatic rings. The average molecular weight is 253 g/mol. The van der Waals surface area contributed by atoms with Gasteiger partial charge in [-0.2, -0.15) is 0 Å². The molecule has 0 aromatic heterocycles. The highest BCUT2D eigenvalue weighted by molar-refractivity contribution is 9.12. The lowest BCUT2D eigenvalue weighted by atomic mass is 10.1. The van der Waals surface area contributed by atoms with Crippen molar-refractivity contribution in [2.45, 2.75) is 11.2 Å². The van der Waals surface area contributed by atoms with Gasteiger partial charge < -0.3 is 5.73 Å². The Balaban J connectivity index is 2.74. The number of halogens is 2. The predicted octanol–water partition coefficient (Wildman–Crippen LogP) is 2.28. The van der Waals surface area contributed by atoms with Crippen molar-refractivity contribution in [3.8, 4) is 0 Å². The average Bonchev–Trinajstić information content (AvgIpc) is 1.80. The molecule has 1 nitrogen and oxygen atoms in total. The molecule has 0 heterocycles. The van der Waals surface area contributed by atoms with E-state index >= 15 is 0 Å². The van der Waals surface area contributed by atoms with Gasteiger partial charge in [0.05, 0.1) is 4.83 Å². The minimum absolute atomic E-state index is 0.317. The molecule has 3 heteroatoms. The molecular weight excluding hydrogens is 246 g/mol. The van der Waals surface area contributed by atoms with Gasteiger partial charge in [-0.25, -0.2) is 0 Å². The predicted molar refractivity (Wildman–Crippen MR) is 46.6 cm³/mol. The highest BCUT2D eigenvalue weighted by Crippen LogP contribution is 2.25. The van der Waals surface area contributed by atoms with Gasteiger partial charge in [0.2, 0.25) is 0 Å². The summed E-state index contributed by atoms with van der Waals surface area (Å²) in [5, 5.41) is 0. The zero-order valence-electron chi connectivity index (χ0n) is 4.77. The minimum Gasteiger partial charge on any atom is -0.401 e. The van der Waals surface area contributed by atoms with Crippen LogP contribution in [0.2, 0.25) is 0 Å². The van der Waals surface area contributed by atoms with Crippen molar-refractivity contribution in [2.75, 3.05) is 0 Å². The normalized spacial score (nSPS) is 27.1. The summed E-state index contributed by atoms with van der Waals surface area (Å²) in [6.07, 6.45) is 4.85. The summed E-state index contributed by atoms with van der Waals surface area (Å²) in [6.45, 7) is 0. The molecule has 0 saturated carbocycles. The third-order valence-corrected chi connectivity index (χ3v) is 2.63. The minimum atomic E-state index is 0.317. The molecule has 1 aliphatic carbocycles. The first-order valence-electron chi connectivity index (χ1n) is 2.66. The Morgan fingerprint density at radius 3 is 2.67 bits per heavy atom. The summed E-state index contributed by atoms with van der Waals surface area (Å²) in [5.74, 6) is 0. The number of rotatable bonds is 0. The Kier molecular flexibility index (Phi) is 2.35. The summed E-state index contributed by atoms with van der Waals surface area (Å²) in [6, 6.07) is 0. The van der Waals surface area contributed by atoms with E-state index in [0.29, 0.717) is 4.83 Å². The number of hydrogen-bond acceptors (Lipinski definition) is 1. The molecule has 1 atom stereocenters. The van der Waals surface area contributed by atoms with Crippen LogP contribution in [0.5, 0.6) is 0 Å². The second kappa shape index (κ2) is 2.88. The van der Waals surface area contributed by atoms with Crippen LogP contribution < -0.4 is 5.73 Å². The molecule has 0 bridgehead atoms. The number of nitrogens with two attached hydrogens (primary N) is 1. The molecule has 2 N–H and O–H groups in total. The van der Waals surface area contributed by atoms with Gasteiger partial charge in [-0.15, -0.1) is 0 Å². The molecule has 0 aliphatic heterocycles. The van der Waals surface area contributed by atoms with Crippen molar-refractivity contribution in [1.29, 1.82) is 0 Å². The zero-order chi connectivity index (χ0) is 6.85. The third kappa shape index (κ3) is 1.83. The van der Waals surface area contributed by atoms with Crippen molar-refractivity contribution in [3.05, 3.63) is 22.3 Å². The third-order valence-electron chi connectivity index (χ3n) is 1.19. The fourth-order valence-electron chi connectivity index (χ4n) is 0.648. The van der Waals surface area contributed by atoms with Gasteiger partial charge in [0.25, 0.3) is 0 Å². The SMILES string of the molecule is NC1=CC=C(Br)CC1Br. The summed E-state index contributed by atoms with van der Waals surface area (Å²) in [7, 11) is 0. The molecule has 0 aromatic rings. The van der Waals surface area contributed by atoms with Gasteiger partial charge in [-0.1, -0.05) is 37.9 Å². The fourth-order valence-corrected chi connectivity index (χ4v) is 2.04. The highest BCUT2D eigenvalue weighted by Gasteiger charge is 2.11. The van der Waals surface area contributed by atoms with Crippen molar-refractivity contribution < 1.29 is 0 Å². The molecular formula is C6H7Br2N. The Morgan fingerprint density at radius 2 is 2.22 bits per heavy atom. The molecule has 0 saturated heterocycles. The van der Waals surface area contributed by atoms with Gasteiger partial charge in [-0.05, 0) is 17.0 Å². The summed E-state index contributed by atoms with van der Waals surface area (Å²) in [4.78, 5) is 0.317. The van der Waals surface area contributed by atoms with E-state index < -0.39 is 0 Å². The van der Waals surface area contributed by atoms with E-state index in [-0.39, 0.29) is 0 Å². The van der Waals surface area contributed by atoms with Gasteiger partial charge in [0.1, 0.15) is 0 Å². The second-order valence-corrected chi connectivity index (χ2v) is 4.08. The maximum atomic E-state index is 5.59. The first kappa shape index (κ1) is 7.35. The van der Waals surface area contributed by atoms with Gasteiger partial charge in [0.15, 0.2) is 0 Å². The van der Waals surface area contributed by atoms with E-state index in [9.17, 15) is 0 Å². The molecule has 50 valence electrons. The first-order chi connectivity index (χ1) is 4.20. The van der Waals surface area contributed by atoms with Crippen LogP contribution in [0.1, 0.15) is 6.42 Å². The van der Waals surface area contributed by atoms with Crippen molar-refractivity contribution >= 4 is 31.9 Å². The van der Waals surface area contributed by atoms with Crippen molar-refractivity contribution in [1.82, 2.24) is 0 Å². The monoisotopic (exact) mass is 251 g/mol. The standard InChI is InChI=1S/C6H7Br2N/c7-4-1-2-6(9)5(8)3-4/h1-2,5H,3,9H2. The van der Waals surface area contributed by atoms with Crippen LogP contribution in [0.15, 0.2) is 22.3 Å². The molecule has 0 radical (unpaired) electrons. The number of hydrogen-bond donors (Lipinski definition) is 1. The summed E-state index contributed by atoms with van der Waals surface area (Å²) < 4.78 is 1.19. The first-order valence-corrected chi connectivity index (χ1v) is 4.37. The van der Waals surface area contributed by atoms with Gasteiger partial charge >= 0.3 is 0 Å². The van der Waals surface area contributed by atoms with Crippen LogP contribution in [0.4, 0.5) is 0 Å². The molecule has 1 rings (SSSR count). The second-order valence-electron chi connectivity index (χ2n) is 1.95. The molecule has 0 fully saturated rings. The van der Waals surface area contributed by atoms with Crippen molar-refractivity contribution in [3.63, 3.8) is 0 Å². The smallest absolute Gasteiger partial charge is 0.0585 e. The molecule has 9 heavy (non-hydrogen) atoms. The number of alkyl halides is 1. The topological polar surface area (TPSA) is 26.0 Å². The Labute approximate surface area is 71.3 Å². The van der Waals surface area contributed by atoms with E-state index in [1.807, 2.05) is 12.2 Å². The van der Waals surface area contributed by atoms with E-state index in [1.54, 1.807) is 0 Å². The van der Waals surface area contributed by atoms with E-state index in [4.69, 9.17) is 5.73 Å². The van der Waals surface area contributed by atoms with E-state index in [1.165, 1.54) is 4.48 Å². The summed E-state index contributed by atoms with van der Waals surface area (Å²) in [5.41, 5.74) is 6.49. The molecule has 1 unspecified atom stereocenters. The lowest BCUT2D eigenvalue weighted by Crippen LogP contribution is -2.13. The Hall–Kier alpha value is 0.240. The zero-order valence-corrected chi connectivity index (χ0v) is 7.94. The molecule has 0 spiro atoms. The van der Waals surface area contributed by atoms with Crippen LogP contribution in [0, 0.1) is 0 Å². The van der Waals surface area contributed by atoms with Crippen LogP contribution in [0.3, 0.4) is 0 Å². The lowest BCUT2D eigenvalue weighted by Gasteiger charge is -2.12.